The van der Waals surface area contributed by atoms with E-state index in [4.69, 9.17) is 0 Å². The summed E-state index contributed by atoms with van der Waals surface area (Å²) in [5.74, 6) is 0.796. The van der Waals surface area contributed by atoms with Crippen LogP contribution in [0.2, 0.25) is 0 Å². The van der Waals surface area contributed by atoms with Gasteiger partial charge in [0.05, 0.1) is 34.5 Å². The lowest BCUT2D eigenvalue weighted by Crippen LogP contribution is -2.37. The van der Waals surface area contributed by atoms with Crippen molar-refractivity contribution in [3.05, 3.63) is 108 Å². The number of hydrogen-bond donors (Lipinski definition) is 3. The average molecular weight is 484 g/mol. The predicted molar refractivity (Wildman–Crippen MR) is 151 cm³/mol. The normalized spacial score (nSPS) is 12.5. The summed E-state index contributed by atoms with van der Waals surface area (Å²) in [6.07, 6.45) is 9.58. The molecule has 7 heteroatoms. The lowest BCUT2D eigenvalue weighted by molar-refractivity contribution is 0.409. The highest BCUT2D eigenvalue weighted by molar-refractivity contribution is 5.71. The lowest BCUT2D eigenvalue weighted by atomic mass is 10.0. The van der Waals surface area contributed by atoms with E-state index in [0.29, 0.717) is 0 Å². The Morgan fingerprint density at radius 3 is 2.47 bits per heavy atom. The van der Waals surface area contributed by atoms with Gasteiger partial charge in [-0.1, -0.05) is 31.9 Å². The van der Waals surface area contributed by atoms with Gasteiger partial charge < -0.3 is 25.8 Å². The minimum absolute atomic E-state index is 0.749. The van der Waals surface area contributed by atoms with Gasteiger partial charge in [0.15, 0.2) is 0 Å². The van der Waals surface area contributed by atoms with Gasteiger partial charge >= 0.3 is 0 Å². The van der Waals surface area contributed by atoms with Crippen molar-refractivity contribution in [2.24, 2.45) is 4.99 Å². The Morgan fingerprint density at radius 1 is 1.00 bits per heavy atom. The van der Waals surface area contributed by atoms with E-state index >= 15 is 0 Å². The van der Waals surface area contributed by atoms with E-state index in [1.807, 2.05) is 70.5 Å². The summed E-state index contributed by atoms with van der Waals surface area (Å²) in [6.45, 7) is 16.1. The molecule has 0 fully saturated rings. The molecule has 1 aromatic carbocycles. The lowest BCUT2D eigenvalue weighted by Gasteiger charge is -2.18. The Kier molecular flexibility index (Phi) is 8.86. The highest BCUT2D eigenvalue weighted by Gasteiger charge is 2.13. The third kappa shape index (κ3) is 6.96. The third-order valence-electron chi connectivity index (χ3n) is 5.65. The van der Waals surface area contributed by atoms with Gasteiger partial charge in [-0.3, -0.25) is 4.98 Å². The van der Waals surface area contributed by atoms with Crippen LogP contribution in [0.25, 0.3) is 16.8 Å². The van der Waals surface area contributed by atoms with Crippen molar-refractivity contribution in [3.63, 3.8) is 0 Å². The van der Waals surface area contributed by atoms with Crippen molar-refractivity contribution in [3.8, 4) is 11.1 Å². The van der Waals surface area contributed by atoms with E-state index in [-0.39, 0.29) is 0 Å². The molecule has 1 aliphatic heterocycles. The second kappa shape index (κ2) is 12.0. The first kappa shape index (κ1) is 26.5. The molecule has 0 unspecified atom stereocenters. The first-order valence-corrected chi connectivity index (χ1v) is 11.9. The molecule has 0 spiro atoms. The van der Waals surface area contributed by atoms with E-state index < -0.39 is 0 Å². The zero-order valence-corrected chi connectivity index (χ0v) is 22.0. The maximum Gasteiger partial charge on any atom is 0.0978 e. The van der Waals surface area contributed by atoms with E-state index in [2.05, 4.69) is 68.8 Å². The standard InChI is InChI=1S/C29H37N7/c1-9-25(12-10-20(2)31-14-15-35(5)6)32-21(3)29-27-17-23(11-13-28(27)34-29)24-16-26(19-30-18-24)33-22(4)36(7)8/h9-13,16-19,31-33H,2-4,14-15H2,1,5-8H3/b12-10-,25-9+. The zero-order chi connectivity index (χ0) is 26.2. The number of anilines is 1. The van der Waals surface area contributed by atoms with Gasteiger partial charge in [0.25, 0.3) is 0 Å². The Hall–Kier alpha value is -4.10. The van der Waals surface area contributed by atoms with Gasteiger partial charge in [-0.2, -0.15) is 0 Å². The number of aromatic nitrogens is 1. The number of benzene rings is 1. The fourth-order valence-corrected chi connectivity index (χ4v) is 3.44. The maximum absolute atomic E-state index is 4.66. The summed E-state index contributed by atoms with van der Waals surface area (Å²) >= 11 is 0. The molecule has 0 radical (unpaired) electrons. The van der Waals surface area contributed by atoms with Gasteiger partial charge in [0.1, 0.15) is 0 Å². The van der Waals surface area contributed by atoms with Crippen LogP contribution in [0.1, 0.15) is 6.92 Å². The number of nitrogens with one attached hydrogen (secondary N) is 3. The molecule has 1 aromatic heterocycles. The molecule has 0 bridgehead atoms. The van der Waals surface area contributed by atoms with E-state index in [0.717, 1.165) is 69.1 Å². The molecule has 2 aromatic rings. The van der Waals surface area contributed by atoms with Gasteiger partial charge in [0.2, 0.25) is 0 Å². The van der Waals surface area contributed by atoms with Crippen LogP contribution in [0, 0.1) is 0 Å². The summed E-state index contributed by atoms with van der Waals surface area (Å²) in [6, 6.07) is 8.29. The molecular formula is C29H37N7. The molecule has 7 nitrogen and oxygen atoms in total. The summed E-state index contributed by atoms with van der Waals surface area (Å²) in [5.41, 5.74) is 6.34. The number of hydrogen-bond acceptors (Lipinski definition) is 7. The highest BCUT2D eigenvalue weighted by atomic mass is 15.2. The molecule has 1 aliphatic rings. The maximum atomic E-state index is 4.66. The Labute approximate surface area is 214 Å². The van der Waals surface area contributed by atoms with Gasteiger partial charge in [-0.25, -0.2) is 4.99 Å². The summed E-state index contributed by atoms with van der Waals surface area (Å²) < 4.78 is 0. The largest absolute Gasteiger partial charge is 0.384 e. The second-order valence-corrected chi connectivity index (χ2v) is 9.06. The second-order valence-electron chi connectivity index (χ2n) is 9.06. The van der Waals surface area contributed by atoms with Crippen LogP contribution >= 0.6 is 0 Å². The topological polar surface area (TPSA) is 67.8 Å². The molecule has 2 heterocycles. The van der Waals surface area contributed by atoms with E-state index in [1.54, 1.807) is 6.20 Å². The molecule has 0 aliphatic carbocycles. The number of nitrogens with zero attached hydrogens (tertiary/aromatic N) is 4. The fourth-order valence-electron chi connectivity index (χ4n) is 3.44. The van der Waals surface area contributed by atoms with Gasteiger partial charge in [-0.05, 0) is 56.9 Å². The van der Waals surface area contributed by atoms with Crippen LogP contribution < -0.4 is 26.5 Å². The molecule has 0 amide bonds. The van der Waals surface area contributed by atoms with Gasteiger partial charge in [-0.15, -0.1) is 0 Å². The van der Waals surface area contributed by atoms with Crippen LogP contribution in [-0.2, 0) is 0 Å². The molecule has 0 atom stereocenters. The van der Waals surface area contributed by atoms with Crippen molar-refractivity contribution >= 4 is 11.4 Å². The average Bonchev–Trinajstić information content (AvgIpc) is 2.82. The van der Waals surface area contributed by atoms with Crippen LogP contribution in [-0.4, -0.2) is 56.1 Å². The number of rotatable bonds is 13. The fraction of sp³-hybridized carbons (Fsp3) is 0.241. The summed E-state index contributed by atoms with van der Waals surface area (Å²) in [4.78, 5) is 13.1. The molecule has 188 valence electrons. The van der Waals surface area contributed by atoms with Crippen LogP contribution in [0.3, 0.4) is 0 Å². The zero-order valence-electron chi connectivity index (χ0n) is 22.0. The molecule has 3 rings (SSSR count). The van der Waals surface area contributed by atoms with Gasteiger partial charge in [0, 0.05) is 55.6 Å². The van der Waals surface area contributed by atoms with Crippen molar-refractivity contribution in [2.45, 2.75) is 6.92 Å². The number of likely N-dealkylation sites (N-methyl/N-ethyl adjacent to an activating group) is 1. The number of fused-ring (bicyclic) bond motifs is 1. The predicted octanol–water partition coefficient (Wildman–Crippen LogP) is 3.16. The van der Waals surface area contributed by atoms with Crippen molar-refractivity contribution < 1.29 is 0 Å². The van der Waals surface area contributed by atoms with Crippen molar-refractivity contribution in [2.75, 3.05) is 46.6 Å². The first-order valence-electron chi connectivity index (χ1n) is 11.9. The Morgan fingerprint density at radius 2 is 1.78 bits per heavy atom. The highest BCUT2D eigenvalue weighted by Crippen LogP contribution is 2.22. The van der Waals surface area contributed by atoms with Crippen LogP contribution in [0.15, 0.2) is 103 Å². The minimum atomic E-state index is 0.749. The molecular weight excluding hydrogens is 446 g/mol. The number of pyridine rings is 1. The molecule has 0 saturated carbocycles. The third-order valence-corrected chi connectivity index (χ3v) is 5.65. The minimum Gasteiger partial charge on any atom is -0.384 e. The summed E-state index contributed by atoms with van der Waals surface area (Å²) in [7, 11) is 7.99. The number of allylic oxidation sites excluding steroid dienone is 3. The van der Waals surface area contributed by atoms with Crippen molar-refractivity contribution in [1.29, 1.82) is 0 Å². The Bertz CT molecular complexity index is 1330. The molecule has 3 N–H and O–H groups in total. The Balaban J connectivity index is 1.72. The van der Waals surface area contributed by atoms with Crippen molar-refractivity contribution in [1.82, 2.24) is 25.4 Å². The monoisotopic (exact) mass is 483 g/mol. The van der Waals surface area contributed by atoms with E-state index in [1.165, 1.54) is 0 Å². The molecule has 36 heavy (non-hydrogen) atoms. The van der Waals surface area contributed by atoms with E-state index in [9.17, 15) is 0 Å². The quantitative estimate of drug-likeness (QED) is 0.381. The summed E-state index contributed by atoms with van der Waals surface area (Å²) in [5, 5.41) is 12.0. The molecule has 0 saturated heterocycles. The van der Waals surface area contributed by atoms with Crippen LogP contribution in [0.5, 0.6) is 0 Å². The smallest absolute Gasteiger partial charge is 0.0978 e. The SMILES string of the molecule is C=C(/C=C\C(=C/C)NC(=C)C1=c2cc(-c3cncc(NC(=C)N(C)C)c3)ccc2=N1)NCCN(C)C. The first-order chi connectivity index (χ1) is 17.2. The van der Waals surface area contributed by atoms with Crippen LogP contribution in [0.4, 0.5) is 5.69 Å².